The second kappa shape index (κ2) is 8.27. The van der Waals surface area contributed by atoms with E-state index in [0.29, 0.717) is 12.2 Å². The van der Waals surface area contributed by atoms with Gasteiger partial charge in [-0.25, -0.2) is 4.79 Å². The zero-order chi connectivity index (χ0) is 22.1. The Morgan fingerprint density at radius 3 is 2.67 bits per heavy atom. The van der Waals surface area contributed by atoms with Crippen molar-refractivity contribution >= 4 is 17.4 Å². The summed E-state index contributed by atoms with van der Waals surface area (Å²) in [7, 11) is 1.46. The molecule has 0 aromatic heterocycles. The topological polar surface area (TPSA) is 131 Å². The van der Waals surface area contributed by atoms with E-state index in [1.807, 2.05) is 13.8 Å². The van der Waals surface area contributed by atoms with Crippen LogP contribution in [0.2, 0.25) is 0 Å². The van der Waals surface area contributed by atoms with E-state index >= 15 is 0 Å². The largest absolute Gasteiger partial charge is 0.460 e. The second-order valence-electron chi connectivity index (χ2n) is 8.04. The smallest absolute Gasteiger partial charge is 0.340 e. The fourth-order valence-electron chi connectivity index (χ4n) is 3.89. The van der Waals surface area contributed by atoms with Gasteiger partial charge in [0.15, 0.2) is 5.78 Å². The lowest BCUT2D eigenvalue weighted by atomic mass is 9.70. The molecule has 0 amide bonds. The molecular formula is C21H24N2O7. The van der Waals surface area contributed by atoms with Crippen LogP contribution in [0.1, 0.15) is 38.2 Å². The molecule has 0 fully saturated rings. The van der Waals surface area contributed by atoms with Crippen molar-refractivity contribution in [2.24, 2.45) is 11.1 Å². The summed E-state index contributed by atoms with van der Waals surface area (Å²) in [6, 6.07) is 5.97. The Kier molecular flexibility index (Phi) is 5.93. The molecule has 30 heavy (non-hydrogen) atoms. The lowest BCUT2D eigenvalue weighted by Crippen LogP contribution is -2.36. The van der Waals surface area contributed by atoms with Crippen molar-refractivity contribution in [2.75, 3.05) is 20.3 Å². The minimum absolute atomic E-state index is 0.0391. The number of hydrogen-bond acceptors (Lipinski definition) is 8. The molecule has 1 heterocycles. The predicted octanol–water partition coefficient (Wildman–Crippen LogP) is 2.71. The average molecular weight is 416 g/mol. The highest BCUT2D eigenvalue weighted by atomic mass is 16.6. The minimum Gasteiger partial charge on any atom is -0.460 e. The molecule has 3 rings (SSSR count). The fourth-order valence-corrected chi connectivity index (χ4v) is 3.89. The van der Waals surface area contributed by atoms with Gasteiger partial charge in [-0.3, -0.25) is 14.9 Å². The minimum atomic E-state index is -1.05. The van der Waals surface area contributed by atoms with Gasteiger partial charge in [0.25, 0.3) is 5.69 Å². The standard InChI is InChI=1S/C21H24N2O7/c1-21(2)10-14(24)17-15(11-21)30-19(22)18(20(25)29-9-8-28-3)16(17)12-6-4-5-7-13(12)23(26)27/h4-7,16H,8-11,22H2,1-3H3/t16-/m0/s1. The highest BCUT2D eigenvalue weighted by molar-refractivity contribution is 6.04. The third-order valence-corrected chi connectivity index (χ3v) is 5.14. The van der Waals surface area contributed by atoms with Crippen LogP contribution in [0.25, 0.3) is 0 Å². The van der Waals surface area contributed by atoms with E-state index in [2.05, 4.69) is 0 Å². The highest BCUT2D eigenvalue weighted by Gasteiger charge is 2.46. The Labute approximate surface area is 173 Å². The van der Waals surface area contributed by atoms with E-state index in [1.54, 1.807) is 6.07 Å². The summed E-state index contributed by atoms with van der Waals surface area (Å²) in [5.41, 5.74) is 5.80. The van der Waals surface area contributed by atoms with Gasteiger partial charge in [-0.2, -0.15) is 0 Å². The maximum absolute atomic E-state index is 13.1. The number of para-hydroxylation sites is 1. The SMILES string of the molecule is COCCOC(=O)C1=C(N)OC2=C(C(=O)CC(C)(C)C2)[C@@H]1c1ccccc1[N+](=O)[O-]. The van der Waals surface area contributed by atoms with Gasteiger partial charge in [-0.1, -0.05) is 32.0 Å². The molecule has 1 aliphatic heterocycles. The van der Waals surface area contributed by atoms with Crippen molar-refractivity contribution in [3.63, 3.8) is 0 Å². The Balaban J connectivity index is 2.17. The quantitative estimate of drug-likeness (QED) is 0.324. The average Bonchev–Trinajstić information content (AvgIpc) is 2.65. The van der Waals surface area contributed by atoms with Crippen LogP contribution in [0.3, 0.4) is 0 Å². The number of Topliss-reactive ketones (excluding diaryl/α,β-unsaturated/α-hetero) is 1. The number of ketones is 1. The van der Waals surface area contributed by atoms with E-state index in [0.717, 1.165) is 0 Å². The summed E-state index contributed by atoms with van der Waals surface area (Å²) in [5, 5.41) is 11.7. The molecule has 9 nitrogen and oxygen atoms in total. The highest BCUT2D eigenvalue weighted by Crippen LogP contribution is 2.49. The van der Waals surface area contributed by atoms with Crippen LogP contribution in [0, 0.1) is 15.5 Å². The number of hydrogen-bond donors (Lipinski definition) is 1. The zero-order valence-corrected chi connectivity index (χ0v) is 17.1. The Morgan fingerprint density at radius 1 is 1.30 bits per heavy atom. The van der Waals surface area contributed by atoms with Gasteiger partial charge in [0, 0.05) is 37.2 Å². The summed E-state index contributed by atoms with van der Waals surface area (Å²) in [5.74, 6) is -1.97. The molecule has 0 unspecified atom stereocenters. The first kappa shape index (κ1) is 21.5. The summed E-state index contributed by atoms with van der Waals surface area (Å²) < 4.78 is 15.8. The van der Waals surface area contributed by atoms with Gasteiger partial charge in [0.05, 0.1) is 17.4 Å². The molecule has 9 heteroatoms. The number of allylic oxidation sites excluding steroid dienone is 2. The predicted molar refractivity (Wildman–Crippen MR) is 106 cm³/mol. The second-order valence-corrected chi connectivity index (χ2v) is 8.04. The normalized spacial score (nSPS) is 20.5. The molecule has 1 aromatic rings. The van der Waals surface area contributed by atoms with E-state index in [-0.39, 0.29) is 59.1 Å². The van der Waals surface area contributed by atoms with Gasteiger partial charge < -0.3 is 19.9 Å². The number of carbonyl (C=O) groups is 2. The van der Waals surface area contributed by atoms with Crippen molar-refractivity contribution in [1.29, 1.82) is 0 Å². The van der Waals surface area contributed by atoms with E-state index < -0.39 is 16.8 Å². The maximum atomic E-state index is 13.1. The van der Waals surface area contributed by atoms with Crippen LogP contribution >= 0.6 is 0 Å². The molecule has 1 aromatic carbocycles. The first-order chi connectivity index (χ1) is 14.2. The molecule has 0 spiro atoms. The number of nitro groups is 1. The van der Waals surface area contributed by atoms with Gasteiger partial charge >= 0.3 is 5.97 Å². The van der Waals surface area contributed by atoms with Crippen LogP contribution in [-0.2, 0) is 23.8 Å². The van der Waals surface area contributed by atoms with Crippen molar-refractivity contribution in [2.45, 2.75) is 32.6 Å². The number of nitrogens with zero attached hydrogens (tertiary/aromatic N) is 1. The monoisotopic (exact) mass is 416 g/mol. The number of rotatable bonds is 6. The number of nitro benzene ring substituents is 1. The van der Waals surface area contributed by atoms with Crippen molar-refractivity contribution in [3.8, 4) is 0 Å². The number of ether oxygens (including phenoxy) is 3. The van der Waals surface area contributed by atoms with Crippen LogP contribution in [0.4, 0.5) is 5.69 Å². The van der Waals surface area contributed by atoms with E-state index in [9.17, 15) is 19.7 Å². The van der Waals surface area contributed by atoms with Crippen LogP contribution in [0.15, 0.2) is 47.1 Å². The number of benzene rings is 1. The summed E-state index contributed by atoms with van der Waals surface area (Å²) >= 11 is 0. The molecule has 1 atom stereocenters. The third-order valence-electron chi connectivity index (χ3n) is 5.14. The molecular weight excluding hydrogens is 392 g/mol. The Hall–Kier alpha value is -3.20. The first-order valence-corrected chi connectivity index (χ1v) is 9.49. The molecule has 0 saturated carbocycles. The van der Waals surface area contributed by atoms with Crippen LogP contribution in [0.5, 0.6) is 0 Å². The summed E-state index contributed by atoms with van der Waals surface area (Å²) in [6.07, 6.45) is 0.635. The van der Waals surface area contributed by atoms with Crippen LogP contribution < -0.4 is 5.73 Å². The summed E-state index contributed by atoms with van der Waals surface area (Å²) in [4.78, 5) is 37.1. The molecule has 2 aliphatic rings. The fraction of sp³-hybridized carbons (Fsp3) is 0.429. The van der Waals surface area contributed by atoms with E-state index in [1.165, 1.54) is 25.3 Å². The molecule has 1 aliphatic carbocycles. The Bertz CT molecular complexity index is 962. The molecule has 0 radical (unpaired) electrons. The summed E-state index contributed by atoms with van der Waals surface area (Å²) in [6.45, 7) is 3.97. The molecule has 0 saturated heterocycles. The number of esters is 1. The van der Waals surface area contributed by atoms with Gasteiger partial charge in [0.1, 0.15) is 17.9 Å². The van der Waals surface area contributed by atoms with Crippen LogP contribution in [-0.4, -0.2) is 37.0 Å². The molecule has 160 valence electrons. The lowest BCUT2D eigenvalue weighted by Gasteiger charge is -2.37. The van der Waals surface area contributed by atoms with Crippen molar-refractivity contribution < 1.29 is 28.7 Å². The number of carbonyl (C=O) groups excluding carboxylic acids is 2. The third kappa shape index (κ3) is 4.06. The zero-order valence-electron chi connectivity index (χ0n) is 17.1. The Morgan fingerprint density at radius 2 is 2.00 bits per heavy atom. The van der Waals surface area contributed by atoms with Gasteiger partial charge in [-0.15, -0.1) is 0 Å². The van der Waals surface area contributed by atoms with Gasteiger partial charge in [-0.05, 0) is 5.41 Å². The number of methoxy groups -OCH3 is 1. The van der Waals surface area contributed by atoms with E-state index in [4.69, 9.17) is 19.9 Å². The van der Waals surface area contributed by atoms with Gasteiger partial charge in [0.2, 0.25) is 5.88 Å². The number of nitrogens with two attached hydrogens (primary N) is 1. The van der Waals surface area contributed by atoms with Crippen molar-refractivity contribution in [1.82, 2.24) is 0 Å². The van der Waals surface area contributed by atoms with Crippen molar-refractivity contribution in [3.05, 3.63) is 62.7 Å². The molecule has 2 N–H and O–H groups in total. The maximum Gasteiger partial charge on any atom is 0.340 e. The first-order valence-electron chi connectivity index (χ1n) is 9.49. The molecule has 0 bridgehead atoms. The lowest BCUT2D eigenvalue weighted by molar-refractivity contribution is -0.385.